The van der Waals surface area contributed by atoms with E-state index in [-0.39, 0.29) is 18.0 Å². The first-order chi connectivity index (χ1) is 13.1. The number of carbonyl (C=O) groups is 1. The summed E-state index contributed by atoms with van der Waals surface area (Å²) in [4.78, 5) is 27.0. The van der Waals surface area contributed by atoms with E-state index in [1.54, 1.807) is 6.20 Å². The first kappa shape index (κ1) is 18.1. The van der Waals surface area contributed by atoms with Crippen molar-refractivity contribution in [2.24, 2.45) is 0 Å². The number of hydrogen-bond donors (Lipinski definition) is 0. The van der Waals surface area contributed by atoms with Crippen LogP contribution in [0.25, 0.3) is 0 Å². The molecule has 0 unspecified atom stereocenters. The second kappa shape index (κ2) is 7.39. The quantitative estimate of drug-likeness (QED) is 0.818. The van der Waals surface area contributed by atoms with Gasteiger partial charge in [0.1, 0.15) is 5.82 Å². The summed E-state index contributed by atoms with van der Waals surface area (Å²) in [5, 5.41) is 0. The summed E-state index contributed by atoms with van der Waals surface area (Å²) in [6, 6.07) is 11.2. The Balaban J connectivity index is 1.75. The number of likely N-dealkylation sites (tertiary alicyclic amines) is 2. The largest absolute Gasteiger partial charge is 0.327 e. The third kappa shape index (κ3) is 3.36. The summed E-state index contributed by atoms with van der Waals surface area (Å²) in [7, 11) is 2.21. The Kier molecular flexibility index (Phi) is 4.96. The molecule has 0 spiro atoms. The van der Waals surface area contributed by atoms with Gasteiger partial charge in [-0.15, -0.1) is 0 Å². The van der Waals surface area contributed by atoms with E-state index in [0.29, 0.717) is 17.4 Å². The highest BCUT2D eigenvalue weighted by Gasteiger charge is 2.46. The zero-order chi connectivity index (χ0) is 19.0. The molecule has 0 saturated carbocycles. The van der Waals surface area contributed by atoms with Crippen LogP contribution in [0, 0.1) is 13.8 Å². The molecule has 0 bridgehead atoms. The average molecular weight is 364 g/mol. The molecule has 2 aliphatic rings. The summed E-state index contributed by atoms with van der Waals surface area (Å²) < 4.78 is 0. The highest BCUT2D eigenvalue weighted by Crippen LogP contribution is 2.42. The van der Waals surface area contributed by atoms with Gasteiger partial charge in [-0.25, -0.2) is 9.97 Å². The molecule has 5 heteroatoms. The second-order valence-corrected chi connectivity index (χ2v) is 7.90. The van der Waals surface area contributed by atoms with Crippen LogP contribution in [-0.2, 0) is 0 Å². The van der Waals surface area contributed by atoms with E-state index in [1.807, 2.05) is 19.9 Å². The lowest BCUT2D eigenvalue weighted by atomic mass is 10.0. The van der Waals surface area contributed by atoms with Crippen LogP contribution in [0.5, 0.6) is 0 Å². The Hall–Kier alpha value is -2.27. The molecule has 2 fully saturated rings. The predicted octanol–water partition coefficient (Wildman–Crippen LogP) is 3.53. The molecule has 5 nitrogen and oxygen atoms in total. The van der Waals surface area contributed by atoms with Crippen LogP contribution in [0.15, 0.2) is 36.5 Å². The van der Waals surface area contributed by atoms with Gasteiger partial charge in [0.25, 0.3) is 5.91 Å². The number of nitrogens with zero attached hydrogens (tertiary/aromatic N) is 4. The molecule has 2 saturated heterocycles. The maximum absolute atomic E-state index is 13.7. The van der Waals surface area contributed by atoms with Gasteiger partial charge in [-0.05, 0) is 52.3 Å². The first-order valence-electron chi connectivity index (χ1n) is 9.94. The van der Waals surface area contributed by atoms with Gasteiger partial charge in [0.15, 0.2) is 0 Å². The fourth-order valence-electron chi connectivity index (χ4n) is 4.80. The maximum atomic E-state index is 13.7. The first-order valence-corrected chi connectivity index (χ1v) is 9.94. The van der Waals surface area contributed by atoms with Crippen molar-refractivity contribution >= 4 is 5.91 Å². The molecule has 27 heavy (non-hydrogen) atoms. The molecular formula is C22H28N4O. The molecule has 1 aromatic heterocycles. The summed E-state index contributed by atoms with van der Waals surface area (Å²) in [6.45, 7) is 4.88. The Morgan fingerprint density at radius 2 is 1.89 bits per heavy atom. The van der Waals surface area contributed by atoms with Crippen molar-refractivity contribution in [3.63, 3.8) is 0 Å². The number of aromatic nitrogens is 2. The Morgan fingerprint density at radius 1 is 1.11 bits per heavy atom. The molecule has 142 valence electrons. The predicted molar refractivity (Wildman–Crippen MR) is 106 cm³/mol. The number of fused-ring (bicyclic) bond motifs is 1. The molecule has 2 aliphatic heterocycles. The summed E-state index contributed by atoms with van der Waals surface area (Å²) in [5.41, 5.74) is 2.62. The monoisotopic (exact) mass is 364 g/mol. The molecule has 2 aromatic rings. The lowest BCUT2D eigenvalue weighted by Gasteiger charge is -2.33. The minimum atomic E-state index is 0.0733. The van der Waals surface area contributed by atoms with Crippen LogP contribution in [-0.4, -0.2) is 51.4 Å². The second-order valence-electron chi connectivity index (χ2n) is 7.90. The van der Waals surface area contributed by atoms with E-state index in [9.17, 15) is 4.79 Å². The molecule has 3 heterocycles. The van der Waals surface area contributed by atoms with Crippen molar-refractivity contribution in [2.75, 3.05) is 13.6 Å². The molecule has 4 rings (SSSR count). The van der Waals surface area contributed by atoms with Gasteiger partial charge in [0, 0.05) is 18.3 Å². The number of aryl methyl sites for hydroxylation is 2. The molecule has 1 aromatic carbocycles. The van der Waals surface area contributed by atoms with Crippen molar-refractivity contribution in [3.05, 3.63) is 59.2 Å². The highest BCUT2D eigenvalue weighted by atomic mass is 16.2. The zero-order valence-electron chi connectivity index (χ0n) is 16.4. The van der Waals surface area contributed by atoms with Crippen molar-refractivity contribution in [1.29, 1.82) is 0 Å². The molecule has 0 aliphatic carbocycles. The molecule has 3 atom stereocenters. The summed E-state index contributed by atoms with van der Waals surface area (Å²) in [6.07, 6.45) is 6.13. The number of likely N-dealkylation sites (N-methyl/N-ethyl adjacent to an activating group) is 1. The average Bonchev–Trinajstić information content (AvgIpc) is 2.95. The number of carbonyl (C=O) groups excluding carboxylic acids is 1. The van der Waals surface area contributed by atoms with Crippen LogP contribution in [0.4, 0.5) is 0 Å². The lowest BCUT2D eigenvalue weighted by Crippen LogP contribution is -2.45. The maximum Gasteiger partial charge on any atom is 0.258 e. The van der Waals surface area contributed by atoms with E-state index in [0.717, 1.165) is 25.1 Å². The van der Waals surface area contributed by atoms with Crippen LogP contribution in [0.1, 0.15) is 59.2 Å². The SMILES string of the molecule is Cc1ncc(C(=O)N2[C@@H](c3ccccc3)C[C@H]3[C@H]2CCCCN3C)c(C)n1. The van der Waals surface area contributed by atoms with Gasteiger partial charge >= 0.3 is 0 Å². The lowest BCUT2D eigenvalue weighted by molar-refractivity contribution is 0.0630. The van der Waals surface area contributed by atoms with Gasteiger partial charge in [0.2, 0.25) is 0 Å². The van der Waals surface area contributed by atoms with Crippen LogP contribution >= 0.6 is 0 Å². The summed E-state index contributed by atoms with van der Waals surface area (Å²) >= 11 is 0. The van der Waals surface area contributed by atoms with Crippen molar-refractivity contribution in [1.82, 2.24) is 19.8 Å². The minimum absolute atomic E-state index is 0.0733. The number of amides is 1. The summed E-state index contributed by atoms with van der Waals surface area (Å²) in [5.74, 6) is 0.779. The van der Waals surface area contributed by atoms with Crippen molar-refractivity contribution in [2.45, 2.75) is 57.7 Å². The Bertz CT molecular complexity index is 822. The normalized spacial score (nSPS) is 25.9. The van der Waals surface area contributed by atoms with E-state index >= 15 is 0 Å². The smallest absolute Gasteiger partial charge is 0.258 e. The number of hydrogen-bond acceptors (Lipinski definition) is 4. The fourth-order valence-corrected chi connectivity index (χ4v) is 4.80. The zero-order valence-corrected chi connectivity index (χ0v) is 16.4. The Labute approximate surface area is 161 Å². The van der Waals surface area contributed by atoms with Crippen LogP contribution < -0.4 is 0 Å². The standard InChI is InChI=1S/C22H28N4O/c1-15-18(14-23-16(2)24-15)22(27)26-19-11-7-8-12-25(3)21(19)13-20(26)17-9-5-4-6-10-17/h4-6,9-10,14,19-21H,7-8,11-13H2,1-3H3/t19-,20-,21+/m1/s1. The van der Waals surface area contributed by atoms with E-state index in [1.165, 1.54) is 18.4 Å². The fraction of sp³-hybridized carbons (Fsp3) is 0.500. The van der Waals surface area contributed by atoms with Crippen molar-refractivity contribution in [3.8, 4) is 0 Å². The molecule has 0 N–H and O–H groups in total. The molecular weight excluding hydrogens is 336 g/mol. The van der Waals surface area contributed by atoms with Gasteiger partial charge in [-0.2, -0.15) is 0 Å². The topological polar surface area (TPSA) is 49.3 Å². The van der Waals surface area contributed by atoms with E-state index in [4.69, 9.17) is 0 Å². The molecule has 1 amide bonds. The third-order valence-electron chi connectivity index (χ3n) is 6.18. The van der Waals surface area contributed by atoms with Gasteiger partial charge in [-0.3, -0.25) is 4.79 Å². The van der Waals surface area contributed by atoms with Gasteiger partial charge < -0.3 is 9.80 Å². The van der Waals surface area contributed by atoms with Gasteiger partial charge in [0.05, 0.1) is 17.3 Å². The van der Waals surface area contributed by atoms with E-state index < -0.39 is 0 Å². The molecule has 0 radical (unpaired) electrons. The Morgan fingerprint density at radius 3 is 2.63 bits per heavy atom. The van der Waals surface area contributed by atoms with Gasteiger partial charge in [-0.1, -0.05) is 36.8 Å². The van der Waals surface area contributed by atoms with Crippen molar-refractivity contribution < 1.29 is 4.79 Å². The van der Waals surface area contributed by atoms with Crippen LogP contribution in [0.3, 0.4) is 0 Å². The highest BCUT2D eigenvalue weighted by molar-refractivity contribution is 5.95. The number of benzene rings is 1. The minimum Gasteiger partial charge on any atom is -0.327 e. The van der Waals surface area contributed by atoms with E-state index in [2.05, 4.69) is 51.1 Å². The van der Waals surface area contributed by atoms with Crippen LogP contribution in [0.2, 0.25) is 0 Å². The third-order valence-corrected chi connectivity index (χ3v) is 6.18. The number of rotatable bonds is 2.